The first-order chi connectivity index (χ1) is 4.33. The van der Waals surface area contributed by atoms with E-state index in [0.717, 1.165) is 19.3 Å². The van der Waals surface area contributed by atoms with Crippen LogP contribution in [0.1, 0.15) is 26.2 Å². The summed E-state index contributed by atoms with van der Waals surface area (Å²) in [6.07, 6.45) is 2.43. The fourth-order valence-electron chi connectivity index (χ4n) is 1.34. The second-order valence-corrected chi connectivity index (χ2v) is 2.73. The molecule has 0 radical (unpaired) electrons. The molecule has 1 saturated heterocycles. The monoisotopic (exact) mass is 131 g/mol. The van der Waals surface area contributed by atoms with Gasteiger partial charge in [-0.2, -0.15) is 0 Å². The van der Waals surface area contributed by atoms with Crippen LogP contribution in [-0.4, -0.2) is 18.8 Å². The van der Waals surface area contributed by atoms with Crippen LogP contribution in [-0.2, 0) is 0 Å². The zero-order valence-corrected chi connectivity index (χ0v) is 5.86. The van der Waals surface area contributed by atoms with E-state index >= 15 is 0 Å². The zero-order chi connectivity index (χ0) is 6.69. The van der Waals surface area contributed by atoms with E-state index in [4.69, 9.17) is 0 Å². The smallest absolute Gasteiger partial charge is 0.114 e. The van der Waals surface area contributed by atoms with Crippen LogP contribution in [0, 0.1) is 0 Å². The fourth-order valence-corrected chi connectivity index (χ4v) is 1.34. The summed E-state index contributed by atoms with van der Waals surface area (Å²) >= 11 is 0. The maximum absolute atomic E-state index is 12.4. The van der Waals surface area contributed by atoms with E-state index in [-0.39, 0.29) is 0 Å². The summed E-state index contributed by atoms with van der Waals surface area (Å²) in [6, 6.07) is 0.463. The van der Waals surface area contributed by atoms with Gasteiger partial charge in [0.1, 0.15) is 6.17 Å². The molecular formula is C7H14FN. The van der Waals surface area contributed by atoms with Crippen molar-refractivity contribution in [2.24, 2.45) is 0 Å². The normalized spacial score (nSPS) is 35.3. The lowest BCUT2D eigenvalue weighted by Gasteiger charge is -2.05. The zero-order valence-electron chi connectivity index (χ0n) is 5.86. The molecule has 1 aliphatic heterocycles. The molecule has 1 nitrogen and oxygen atoms in total. The lowest BCUT2D eigenvalue weighted by atomic mass is 10.1. The molecule has 2 heteroatoms. The van der Waals surface area contributed by atoms with E-state index < -0.39 is 6.17 Å². The molecule has 0 aromatic heterocycles. The quantitative estimate of drug-likeness (QED) is 0.598. The van der Waals surface area contributed by atoms with Crippen molar-refractivity contribution in [3.8, 4) is 0 Å². The maximum atomic E-state index is 12.4. The Hall–Kier alpha value is -0.110. The number of hydrogen-bond acceptors (Lipinski definition) is 1. The summed E-state index contributed by atoms with van der Waals surface area (Å²) < 4.78 is 12.4. The summed E-state index contributed by atoms with van der Waals surface area (Å²) in [5.41, 5.74) is 0. The molecule has 0 bridgehead atoms. The average Bonchev–Trinajstić information content (AvgIpc) is 2.17. The van der Waals surface area contributed by atoms with E-state index in [1.54, 1.807) is 0 Å². The minimum atomic E-state index is -0.582. The Labute approximate surface area is 55.6 Å². The number of hydrogen-bond donors (Lipinski definition) is 1. The number of halogens is 1. The van der Waals surface area contributed by atoms with Crippen molar-refractivity contribution in [2.45, 2.75) is 38.4 Å². The van der Waals surface area contributed by atoms with Crippen LogP contribution in [0.25, 0.3) is 0 Å². The van der Waals surface area contributed by atoms with E-state index in [9.17, 15) is 4.39 Å². The van der Waals surface area contributed by atoms with Crippen LogP contribution in [0.5, 0.6) is 0 Å². The van der Waals surface area contributed by atoms with Gasteiger partial charge in [0.05, 0.1) is 0 Å². The second kappa shape index (κ2) is 3.16. The molecule has 0 saturated carbocycles. The molecule has 1 heterocycles. The van der Waals surface area contributed by atoms with Gasteiger partial charge in [0.15, 0.2) is 0 Å². The molecule has 0 aromatic rings. The molecule has 1 fully saturated rings. The van der Waals surface area contributed by atoms with Gasteiger partial charge in [0, 0.05) is 12.6 Å². The molecule has 0 amide bonds. The van der Waals surface area contributed by atoms with Crippen molar-refractivity contribution in [3.63, 3.8) is 0 Å². The molecule has 2 atom stereocenters. The molecular weight excluding hydrogens is 117 g/mol. The SMILES string of the molecule is CCCC1CC(F)CN1. The Kier molecular flexibility index (Phi) is 2.46. The second-order valence-electron chi connectivity index (χ2n) is 2.73. The third-order valence-corrected chi connectivity index (χ3v) is 1.81. The Balaban J connectivity index is 2.14. The van der Waals surface area contributed by atoms with Crippen molar-refractivity contribution in [2.75, 3.05) is 6.54 Å². The summed E-state index contributed by atoms with van der Waals surface area (Å²) in [6.45, 7) is 2.71. The standard InChI is InChI=1S/C7H14FN/c1-2-3-7-4-6(8)5-9-7/h6-7,9H,2-5H2,1H3. The maximum Gasteiger partial charge on any atom is 0.114 e. The van der Waals surface area contributed by atoms with Gasteiger partial charge in [0.25, 0.3) is 0 Å². The first kappa shape index (κ1) is 7.00. The lowest BCUT2D eigenvalue weighted by Crippen LogP contribution is -2.20. The van der Waals surface area contributed by atoms with E-state index in [1.165, 1.54) is 0 Å². The van der Waals surface area contributed by atoms with Gasteiger partial charge in [-0.1, -0.05) is 13.3 Å². The van der Waals surface area contributed by atoms with Crippen LogP contribution in [0.4, 0.5) is 4.39 Å². The van der Waals surface area contributed by atoms with Crippen molar-refractivity contribution >= 4 is 0 Å². The highest BCUT2D eigenvalue weighted by molar-refractivity contribution is 4.80. The highest BCUT2D eigenvalue weighted by atomic mass is 19.1. The van der Waals surface area contributed by atoms with Crippen molar-refractivity contribution in [1.82, 2.24) is 5.32 Å². The summed E-state index contributed by atoms with van der Waals surface area (Å²) in [7, 11) is 0. The molecule has 0 aliphatic carbocycles. The van der Waals surface area contributed by atoms with Gasteiger partial charge >= 0.3 is 0 Å². The summed E-state index contributed by atoms with van der Waals surface area (Å²) in [5, 5.41) is 3.13. The van der Waals surface area contributed by atoms with E-state index in [2.05, 4.69) is 12.2 Å². The molecule has 1 N–H and O–H groups in total. The highest BCUT2D eigenvalue weighted by Gasteiger charge is 2.21. The molecule has 1 rings (SSSR count). The summed E-state index contributed by atoms with van der Waals surface area (Å²) in [4.78, 5) is 0. The highest BCUT2D eigenvalue weighted by Crippen LogP contribution is 2.13. The Bertz CT molecular complexity index is 83.0. The molecule has 54 valence electrons. The first-order valence-corrected chi connectivity index (χ1v) is 3.70. The molecule has 0 aromatic carbocycles. The lowest BCUT2D eigenvalue weighted by molar-refractivity contribution is 0.353. The predicted octanol–water partition coefficient (Wildman–Crippen LogP) is 1.49. The van der Waals surface area contributed by atoms with Crippen LogP contribution >= 0.6 is 0 Å². The Morgan fingerprint density at radius 3 is 2.89 bits per heavy atom. The number of alkyl halides is 1. The van der Waals surface area contributed by atoms with Gasteiger partial charge in [-0.25, -0.2) is 4.39 Å². The average molecular weight is 131 g/mol. The van der Waals surface area contributed by atoms with Gasteiger partial charge in [-0.15, -0.1) is 0 Å². The van der Waals surface area contributed by atoms with E-state index in [1.807, 2.05) is 0 Å². The van der Waals surface area contributed by atoms with Crippen LogP contribution in [0.15, 0.2) is 0 Å². The van der Waals surface area contributed by atoms with Gasteiger partial charge in [0.2, 0.25) is 0 Å². The Morgan fingerprint density at radius 1 is 1.67 bits per heavy atom. The third-order valence-electron chi connectivity index (χ3n) is 1.81. The largest absolute Gasteiger partial charge is 0.311 e. The minimum absolute atomic E-state index is 0.463. The number of nitrogens with one attached hydrogen (secondary N) is 1. The van der Waals surface area contributed by atoms with Crippen LogP contribution < -0.4 is 5.32 Å². The first-order valence-electron chi connectivity index (χ1n) is 3.70. The molecule has 0 spiro atoms. The molecule has 1 aliphatic rings. The van der Waals surface area contributed by atoms with Crippen LogP contribution in [0.2, 0.25) is 0 Å². The van der Waals surface area contributed by atoms with Gasteiger partial charge < -0.3 is 5.32 Å². The molecule has 2 unspecified atom stereocenters. The van der Waals surface area contributed by atoms with Crippen molar-refractivity contribution in [3.05, 3.63) is 0 Å². The fraction of sp³-hybridized carbons (Fsp3) is 1.00. The third kappa shape index (κ3) is 1.94. The van der Waals surface area contributed by atoms with Crippen LogP contribution in [0.3, 0.4) is 0 Å². The Morgan fingerprint density at radius 2 is 2.44 bits per heavy atom. The number of rotatable bonds is 2. The van der Waals surface area contributed by atoms with E-state index in [0.29, 0.717) is 12.6 Å². The van der Waals surface area contributed by atoms with Crippen molar-refractivity contribution in [1.29, 1.82) is 0 Å². The van der Waals surface area contributed by atoms with Gasteiger partial charge in [-0.3, -0.25) is 0 Å². The topological polar surface area (TPSA) is 12.0 Å². The predicted molar refractivity (Wildman–Crippen MR) is 36.2 cm³/mol. The summed E-state index contributed by atoms with van der Waals surface area (Å²) in [5.74, 6) is 0. The van der Waals surface area contributed by atoms with Gasteiger partial charge in [-0.05, 0) is 12.8 Å². The molecule has 9 heavy (non-hydrogen) atoms. The minimum Gasteiger partial charge on any atom is -0.311 e. The van der Waals surface area contributed by atoms with Crippen molar-refractivity contribution < 1.29 is 4.39 Å².